The molecule has 0 unspecified atom stereocenters. The molecule has 0 aromatic carbocycles. The van der Waals surface area contributed by atoms with Gasteiger partial charge >= 0.3 is 0 Å². The van der Waals surface area contributed by atoms with Crippen molar-refractivity contribution in [2.24, 2.45) is 5.92 Å². The molecule has 0 spiro atoms. The third kappa shape index (κ3) is 4.03. The lowest BCUT2D eigenvalue weighted by atomic mass is 9.96. The van der Waals surface area contributed by atoms with Crippen molar-refractivity contribution in [2.45, 2.75) is 19.8 Å². The number of piperidine rings is 1. The number of aromatic nitrogens is 3. The Morgan fingerprint density at radius 3 is 2.78 bits per heavy atom. The summed E-state index contributed by atoms with van der Waals surface area (Å²) in [6.45, 7) is 4.72. The highest BCUT2D eigenvalue weighted by molar-refractivity contribution is 5.91. The van der Waals surface area contributed by atoms with Gasteiger partial charge in [0.2, 0.25) is 0 Å². The van der Waals surface area contributed by atoms with E-state index in [1.807, 2.05) is 13.1 Å². The highest BCUT2D eigenvalue weighted by Crippen LogP contribution is 2.23. The van der Waals surface area contributed by atoms with Crippen molar-refractivity contribution in [3.8, 4) is 0 Å². The first kappa shape index (κ1) is 15.4. The van der Waals surface area contributed by atoms with Gasteiger partial charge in [0.05, 0.1) is 6.20 Å². The molecule has 6 nitrogen and oxygen atoms in total. The number of anilines is 1. The van der Waals surface area contributed by atoms with Gasteiger partial charge < -0.3 is 10.2 Å². The molecule has 1 fully saturated rings. The van der Waals surface area contributed by atoms with Gasteiger partial charge in [-0.1, -0.05) is 0 Å². The molecule has 0 saturated carbocycles. The molecule has 0 bridgehead atoms. The Kier molecular flexibility index (Phi) is 4.80. The Morgan fingerprint density at radius 2 is 2.09 bits per heavy atom. The topological polar surface area (TPSA) is 71.0 Å². The lowest BCUT2D eigenvalue weighted by Crippen LogP contribution is -2.38. The fourth-order valence-corrected chi connectivity index (χ4v) is 2.87. The maximum Gasteiger partial charge on any atom is 0.271 e. The molecule has 2 aromatic rings. The van der Waals surface area contributed by atoms with Gasteiger partial charge in [0.25, 0.3) is 5.91 Å². The van der Waals surface area contributed by atoms with Crippen molar-refractivity contribution < 1.29 is 4.79 Å². The van der Waals surface area contributed by atoms with E-state index in [1.54, 1.807) is 6.20 Å². The number of aryl methyl sites for hydroxylation is 1. The second-order valence-corrected chi connectivity index (χ2v) is 5.89. The molecule has 3 rings (SSSR count). The molecule has 1 amide bonds. The van der Waals surface area contributed by atoms with E-state index in [0.717, 1.165) is 31.6 Å². The van der Waals surface area contributed by atoms with Crippen molar-refractivity contribution in [3.63, 3.8) is 0 Å². The van der Waals surface area contributed by atoms with E-state index in [9.17, 15) is 4.79 Å². The maximum atomic E-state index is 12.0. The summed E-state index contributed by atoms with van der Waals surface area (Å²) in [5, 5.41) is 2.96. The van der Waals surface area contributed by atoms with E-state index in [-0.39, 0.29) is 5.91 Å². The summed E-state index contributed by atoms with van der Waals surface area (Å²) in [6, 6.07) is 4.18. The molecule has 0 atom stereocenters. The molecule has 2 aromatic heterocycles. The van der Waals surface area contributed by atoms with Gasteiger partial charge in [0.15, 0.2) is 0 Å². The van der Waals surface area contributed by atoms with E-state index in [2.05, 4.69) is 37.3 Å². The zero-order chi connectivity index (χ0) is 16.1. The van der Waals surface area contributed by atoms with Crippen LogP contribution < -0.4 is 10.2 Å². The number of nitrogens with zero attached hydrogens (tertiary/aromatic N) is 4. The van der Waals surface area contributed by atoms with Crippen LogP contribution in [0.2, 0.25) is 0 Å². The molecule has 23 heavy (non-hydrogen) atoms. The maximum absolute atomic E-state index is 12.0. The molecular formula is C17H21N5O. The fourth-order valence-electron chi connectivity index (χ4n) is 2.87. The quantitative estimate of drug-likeness (QED) is 0.932. The molecule has 1 saturated heterocycles. The Balaban J connectivity index is 1.47. The number of hydrogen-bond donors (Lipinski definition) is 1. The number of nitrogens with one attached hydrogen (secondary N) is 1. The second kappa shape index (κ2) is 7.17. The largest absolute Gasteiger partial charge is 0.371 e. The summed E-state index contributed by atoms with van der Waals surface area (Å²) in [4.78, 5) is 26.5. The summed E-state index contributed by atoms with van der Waals surface area (Å²) in [5.74, 6) is 0.361. The molecule has 0 aliphatic carbocycles. The van der Waals surface area contributed by atoms with Gasteiger partial charge in [-0.05, 0) is 37.8 Å². The van der Waals surface area contributed by atoms with Crippen molar-refractivity contribution in [2.75, 3.05) is 24.5 Å². The van der Waals surface area contributed by atoms with Gasteiger partial charge in [-0.25, -0.2) is 4.98 Å². The minimum absolute atomic E-state index is 0.148. The number of carbonyl (C=O) groups excluding carboxylic acids is 1. The standard InChI is InChI=1S/C17H21N5O/c1-13-10-15(2-5-19-13)22-8-3-14(4-9-22)11-21-17(23)16-12-18-6-7-20-16/h2,5-7,10,12,14H,3-4,8-9,11H2,1H3,(H,21,23). The van der Waals surface area contributed by atoms with E-state index in [1.165, 1.54) is 18.1 Å². The first-order chi connectivity index (χ1) is 11.2. The molecule has 1 aliphatic heterocycles. The summed E-state index contributed by atoms with van der Waals surface area (Å²) in [7, 11) is 0. The number of pyridine rings is 1. The number of carbonyl (C=O) groups is 1. The average Bonchev–Trinajstić information content (AvgIpc) is 2.61. The van der Waals surface area contributed by atoms with Crippen LogP contribution in [0.15, 0.2) is 36.9 Å². The zero-order valence-corrected chi connectivity index (χ0v) is 13.3. The Labute approximate surface area is 136 Å². The SMILES string of the molecule is Cc1cc(N2CCC(CNC(=O)c3cnccn3)CC2)ccn1. The Hall–Kier alpha value is -2.50. The van der Waals surface area contributed by atoms with Gasteiger partial charge in [0.1, 0.15) is 5.69 Å². The first-order valence-corrected chi connectivity index (χ1v) is 7.94. The first-order valence-electron chi connectivity index (χ1n) is 7.94. The third-order valence-corrected chi connectivity index (χ3v) is 4.21. The highest BCUT2D eigenvalue weighted by atomic mass is 16.1. The van der Waals surface area contributed by atoms with Crippen LogP contribution >= 0.6 is 0 Å². The molecule has 0 radical (unpaired) electrons. The minimum atomic E-state index is -0.148. The van der Waals surface area contributed by atoms with Crippen LogP contribution in [0.1, 0.15) is 29.0 Å². The van der Waals surface area contributed by atoms with Gasteiger partial charge in [-0.15, -0.1) is 0 Å². The summed E-state index contributed by atoms with van der Waals surface area (Å²) >= 11 is 0. The lowest BCUT2D eigenvalue weighted by Gasteiger charge is -2.33. The third-order valence-electron chi connectivity index (χ3n) is 4.21. The van der Waals surface area contributed by atoms with Crippen molar-refractivity contribution >= 4 is 11.6 Å². The lowest BCUT2D eigenvalue weighted by molar-refractivity contribution is 0.0939. The molecule has 1 aliphatic rings. The van der Waals surface area contributed by atoms with Crippen LogP contribution in [0.25, 0.3) is 0 Å². The van der Waals surface area contributed by atoms with Crippen LogP contribution in [0.4, 0.5) is 5.69 Å². The predicted molar refractivity (Wildman–Crippen MR) is 88.3 cm³/mol. The normalized spacial score (nSPS) is 15.4. The van der Waals surface area contributed by atoms with Crippen LogP contribution in [0, 0.1) is 12.8 Å². The van der Waals surface area contributed by atoms with Gasteiger partial charge in [-0.2, -0.15) is 0 Å². The summed E-state index contributed by atoms with van der Waals surface area (Å²) in [5.41, 5.74) is 2.65. The van der Waals surface area contributed by atoms with E-state index in [0.29, 0.717) is 18.2 Å². The molecule has 3 heterocycles. The second-order valence-electron chi connectivity index (χ2n) is 5.89. The van der Waals surface area contributed by atoms with E-state index < -0.39 is 0 Å². The van der Waals surface area contributed by atoms with Crippen molar-refractivity contribution in [3.05, 3.63) is 48.3 Å². The monoisotopic (exact) mass is 311 g/mol. The van der Waals surface area contributed by atoms with Crippen LogP contribution in [0.3, 0.4) is 0 Å². The van der Waals surface area contributed by atoms with Crippen molar-refractivity contribution in [1.82, 2.24) is 20.3 Å². The minimum Gasteiger partial charge on any atom is -0.371 e. The van der Waals surface area contributed by atoms with Crippen molar-refractivity contribution in [1.29, 1.82) is 0 Å². The number of hydrogen-bond acceptors (Lipinski definition) is 5. The van der Waals surface area contributed by atoms with Gasteiger partial charge in [-0.3, -0.25) is 14.8 Å². The van der Waals surface area contributed by atoms with E-state index in [4.69, 9.17) is 0 Å². The molecule has 120 valence electrons. The van der Waals surface area contributed by atoms with E-state index >= 15 is 0 Å². The molecule has 6 heteroatoms. The number of amides is 1. The highest BCUT2D eigenvalue weighted by Gasteiger charge is 2.20. The average molecular weight is 311 g/mol. The Morgan fingerprint density at radius 1 is 1.26 bits per heavy atom. The molecule has 1 N–H and O–H groups in total. The van der Waals surface area contributed by atoms with Crippen LogP contribution in [-0.4, -0.2) is 40.5 Å². The van der Waals surface area contributed by atoms with Gasteiger partial charge in [0, 0.05) is 49.6 Å². The number of rotatable bonds is 4. The smallest absolute Gasteiger partial charge is 0.271 e. The predicted octanol–water partition coefficient (Wildman–Crippen LogP) is 1.83. The van der Waals surface area contributed by atoms with Crippen LogP contribution in [-0.2, 0) is 0 Å². The van der Waals surface area contributed by atoms with Crippen LogP contribution in [0.5, 0.6) is 0 Å². The fraction of sp³-hybridized carbons (Fsp3) is 0.412. The molecular weight excluding hydrogens is 290 g/mol. The summed E-state index contributed by atoms with van der Waals surface area (Å²) < 4.78 is 0. The summed E-state index contributed by atoms with van der Waals surface area (Å²) in [6.07, 6.45) is 8.59. The Bertz CT molecular complexity index is 653. The zero-order valence-electron chi connectivity index (χ0n) is 13.3.